The average molecular weight is 243 g/mol. The molecule has 96 valence electrons. The topological polar surface area (TPSA) is 82.1 Å². The molecule has 0 saturated carbocycles. The highest BCUT2D eigenvalue weighted by Gasteiger charge is 2.30. The first-order valence-electron chi connectivity index (χ1n) is 5.73. The Hall–Kier alpha value is -1.18. The number of aliphatic hydroxyl groups excluding tert-OH is 1. The maximum Gasteiger partial charge on any atom is 0.324 e. The smallest absolute Gasteiger partial charge is 0.324 e. The Bertz CT molecular complexity index is 294. The van der Waals surface area contributed by atoms with Crippen LogP contribution in [0.1, 0.15) is 0 Å². The number of amides is 3. The van der Waals surface area contributed by atoms with E-state index < -0.39 is 0 Å². The van der Waals surface area contributed by atoms with Crippen LogP contribution in [-0.4, -0.2) is 78.9 Å². The number of ether oxygens (including phenoxy) is 1. The van der Waals surface area contributed by atoms with Gasteiger partial charge in [-0.25, -0.2) is 4.79 Å². The number of aliphatic hydroxyl groups is 1. The molecule has 7 heteroatoms. The summed E-state index contributed by atoms with van der Waals surface area (Å²) in [6, 6.07) is -0.367. The van der Waals surface area contributed by atoms with Gasteiger partial charge < -0.3 is 15.2 Å². The van der Waals surface area contributed by atoms with E-state index in [1.807, 2.05) is 4.90 Å². The molecule has 0 aliphatic carbocycles. The summed E-state index contributed by atoms with van der Waals surface area (Å²) in [5.74, 6) is -0.191. The number of rotatable bonds is 4. The zero-order valence-electron chi connectivity index (χ0n) is 9.59. The summed E-state index contributed by atoms with van der Waals surface area (Å²) >= 11 is 0. The van der Waals surface area contributed by atoms with Crippen LogP contribution in [0.2, 0.25) is 0 Å². The van der Waals surface area contributed by atoms with Gasteiger partial charge in [0.25, 0.3) is 0 Å². The number of nitrogens with one attached hydrogen (secondary N) is 1. The van der Waals surface area contributed by atoms with E-state index in [-0.39, 0.29) is 31.1 Å². The molecule has 2 fully saturated rings. The number of nitrogens with zero attached hydrogens (tertiary/aromatic N) is 2. The first kappa shape index (κ1) is 12.3. The van der Waals surface area contributed by atoms with Gasteiger partial charge in [-0.3, -0.25) is 14.6 Å². The zero-order valence-corrected chi connectivity index (χ0v) is 9.59. The molecular weight excluding hydrogens is 226 g/mol. The molecule has 17 heavy (non-hydrogen) atoms. The second-order valence-electron chi connectivity index (χ2n) is 4.15. The monoisotopic (exact) mass is 243 g/mol. The zero-order chi connectivity index (χ0) is 12.3. The minimum atomic E-state index is -0.330. The molecule has 2 aliphatic heterocycles. The summed E-state index contributed by atoms with van der Waals surface area (Å²) in [4.78, 5) is 25.9. The van der Waals surface area contributed by atoms with Crippen LogP contribution in [0.25, 0.3) is 0 Å². The third kappa shape index (κ3) is 2.74. The summed E-state index contributed by atoms with van der Waals surface area (Å²) in [6.45, 7) is 2.89. The van der Waals surface area contributed by atoms with Crippen molar-refractivity contribution in [3.05, 3.63) is 0 Å². The van der Waals surface area contributed by atoms with E-state index in [1.165, 1.54) is 4.90 Å². The molecule has 1 unspecified atom stereocenters. The lowest BCUT2D eigenvalue weighted by Gasteiger charge is -2.34. The average Bonchev–Trinajstić information content (AvgIpc) is 2.67. The second kappa shape index (κ2) is 5.44. The molecule has 0 radical (unpaired) electrons. The molecule has 2 rings (SSSR count). The third-order valence-corrected chi connectivity index (χ3v) is 3.11. The highest BCUT2D eigenvalue weighted by Crippen LogP contribution is 2.07. The molecule has 2 saturated heterocycles. The van der Waals surface area contributed by atoms with E-state index in [1.54, 1.807) is 0 Å². The highest BCUT2D eigenvalue weighted by atomic mass is 16.5. The molecule has 0 aromatic heterocycles. The Morgan fingerprint density at radius 2 is 2.24 bits per heavy atom. The van der Waals surface area contributed by atoms with Crippen molar-refractivity contribution in [3.8, 4) is 0 Å². The Labute approximate surface area is 99.3 Å². The van der Waals surface area contributed by atoms with Crippen LogP contribution in [0.5, 0.6) is 0 Å². The largest absolute Gasteiger partial charge is 0.395 e. The molecule has 0 aromatic rings. The van der Waals surface area contributed by atoms with Gasteiger partial charge in [0.1, 0.15) is 0 Å². The van der Waals surface area contributed by atoms with Gasteiger partial charge in [-0.1, -0.05) is 0 Å². The highest BCUT2D eigenvalue weighted by molar-refractivity contribution is 6.01. The summed E-state index contributed by atoms with van der Waals surface area (Å²) in [5.41, 5.74) is 0. The van der Waals surface area contributed by atoms with Gasteiger partial charge >= 0.3 is 6.03 Å². The first-order valence-corrected chi connectivity index (χ1v) is 5.73. The number of imide groups is 1. The van der Waals surface area contributed by atoms with Gasteiger partial charge in [0, 0.05) is 19.6 Å². The maximum absolute atomic E-state index is 11.4. The number of carbonyl (C=O) groups excluding carboxylic acids is 2. The Balaban J connectivity index is 1.84. The fourth-order valence-corrected chi connectivity index (χ4v) is 2.06. The van der Waals surface area contributed by atoms with E-state index in [0.717, 1.165) is 6.54 Å². The number of urea groups is 1. The molecule has 7 nitrogen and oxygen atoms in total. The van der Waals surface area contributed by atoms with E-state index in [4.69, 9.17) is 4.74 Å². The van der Waals surface area contributed by atoms with Gasteiger partial charge in [-0.2, -0.15) is 0 Å². The molecule has 0 spiro atoms. The van der Waals surface area contributed by atoms with Crippen molar-refractivity contribution in [2.75, 3.05) is 46.0 Å². The van der Waals surface area contributed by atoms with Crippen LogP contribution in [0, 0.1) is 0 Å². The van der Waals surface area contributed by atoms with E-state index in [0.29, 0.717) is 26.3 Å². The molecule has 2 heterocycles. The molecule has 2 aliphatic rings. The molecule has 0 aromatic carbocycles. The third-order valence-electron chi connectivity index (χ3n) is 3.11. The van der Waals surface area contributed by atoms with Crippen molar-refractivity contribution < 1.29 is 19.4 Å². The number of hydrogen-bond donors (Lipinski definition) is 2. The van der Waals surface area contributed by atoms with Crippen molar-refractivity contribution in [1.29, 1.82) is 0 Å². The predicted octanol–water partition coefficient (Wildman–Crippen LogP) is -1.77. The number of hydrogen-bond acceptors (Lipinski definition) is 5. The lowest BCUT2D eigenvalue weighted by Crippen LogP contribution is -2.50. The second-order valence-corrected chi connectivity index (χ2v) is 4.15. The molecular formula is C10H17N3O4. The fraction of sp³-hybridized carbons (Fsp3) is 0.800. The molecule has 3 amide bonds. The number of carbonyl (C=O) groups is 2. The fourth-order valence-electron chi connectivity index (χ4n) is 2.06. The summed E-state index contributed by atoms with van der Waals surface area (Å²) < 4.78 is 5.26. The van der Waals surface area contributed by atoms with Crippen molar-refractivity contribution in [3.63, 3.8) is 0 Å². The Morgan fingerprint density at radius 3 is 2.88 bits per heavy atom. The van der Waals surface area contributed by atoms with E-state index in [2.05, 4.69) is 5.32 Å². The van der Waals surface area contributed by atoms with Gasteiger partial charge in [0.05, 0.1) is 32.4 Å². The Kier molecular flexibility index (Phi) is 3.93. The number of morpholine rings is 1. The van der Waals surface area contributed by atoms with Crippen molar-refractivity contribution in [2.45, 2.75) is 6.04 Å². The van der Waals surface area contributed by atoms with Crippen molar-refractivity contribution >= 4 is 11.9 Å². The standard InChI is InChI=1S/C10H17N3O4/c14-6-8-7-17-4-3-12(8)1-2-13-9(15)5-11-10(13)16/h8,14H,1-7H2,(H,11,16). The predicted molar refractivity (Wildman–Crippen MR) is 58.4 cm³/mol. The van der Waals surface area contributed by atoms with Crippen LogP contribution in [0.3, 0.4) is 0 Å². The van der Waals surface area contributed by atoms with Crippen LogP contribution in [-0.2, 0) is 9.53 Å². The minimum absolute atomic E-state index is 0.0279. The quantitative estimate of drug-likeness (QED) is 0.571. The molecule has 0 bridgehead atoms. The van der Waals surface area contributed by atoms with Gasteiger partial charge in [-0.15, -0.1) is 0 Å². The molecule has 2 N–H and O–H groups in total. The summed E-state index contributed by atoms with van der Waals surface area (Å²) in [5, 5.41) is 11.7. The summed E-state index contributed by atoms with van der Waals surface area (Å²) in [6.07, 6.45) is 0. The Morgan fingerprint density at radius 1 is 1.41 bits per heavy atom. The van der Waals surface area contributed by atoms with Crippen LogP contribution in [0.4, 0.5) is 4.79 Å². The van der Waals surface area contributed by atoms with Crippen LogP contribution >= 0.6 is 0 Å². The van der Waals surface area contributed by atoms with Gasteiger partial charge in [0.15, 0.2) is 0 Å². The molecule has 1 atom stereocenters. The minimum Gasteiger partial charge on any atom is -0.395 e. The van der Waals surface area contributed by atoms with Crippen molar-refractivity contribution in [2.24, 2.45) is 0 Å². The van der Waals surface area contributed by atoms with Gasteiger partial charge in [-0.05, 0) is 0 Å². The lowest BCUT2D eigenvalue weighted by molar-refractivity contribution is -0.125. The van der Waals surface area contributed by atoms with E-state index >= 15 is 0 Å². The van der Waals surface area contributed by atoms with Crippen LogP contribution < -0.4 is 5.32 Å². The van der Waals surface area contributed by atoms with Crippen molar-refractivity contribution in [1.82, 2.24) is 15.1 Å². The lowest BCUT2D eigenvalue weighted by atomic mass is 10.2. The van der Waals surface area contributed by atoms with Gasteiger partial charge in [0.2, 0.25) is 5.91 Å². The maximum atomic E-state index is 11.4. The normalized spacial score (nSPS) is 26.4. The van der Waals surface area contributed by atoms with E-state index in [9.17, 15) is 14.7 Å². The summed E-state index contributed by atoms with van der Waals surface area (Å²) in [7, 11) is 0. The first-order chi connectivity index (χ1) is 8.22. The van der Waals surface area contributed by atoms with Crippen LogP contribution in [0.15, 0.2) is 0 Å². The SMILES string of the molecule is O=C1CNC(=O)N1CCN1CCOCC1CO.